The lowest BCUT2D eigenvalue weighted by Gasteiger charge is -2.35. The molecule has 0 atom stereocenters. The lowest BCUT2D eigenvalue weighted by molar-refractivity contribution is 0.188. The molecule has 0 spiro atoms. The molecule has 1 saturated heterocycles. The molecular formula is C26H29N5O. The van der Waals surface area contributed by atoms with Crippen molar-refractivity contribution in [3.63, 3.8) is 0 Å². The van der Waals surface area contributed by atoms with Crippen LogP contribution >= 0.6 is 0 Å². The summed E-state index contributed by atoms with van der Waals surface area (Å²) in [6, 6.07) is 23.0. The highest BCUT2D eigenvalue weighted by Crippen LogP contribution is 2.33. The molecule has 1 N–H and O–H groups in total. The van der Waals surface area contributed by atoms with E-state index >= 15 is 0 Å². The number of piperazine rings is 1. The largest absolute Gasteiger partial charge is 0.395 e. The van der Waals surface area contributed by atoms with Gasteiger partial charge in [0, 0.05) is 49.9 Å². The molecule has 1 fully saturated rings. The van der Waals surface area contributed by atoms with Crippen molar-refractivity contribution >= 4 is 11.5 Å². The van der Waals surface area contributed by atoms with Crippen molar-refractivity contribution in [3.05, 3.63) is 72.4 Å². The molecular weight excluding hydrogens is 398 g/mol. The Labute approximate surface area is 188 Å². The van der Waals surface area contributed by atoms with Gasteiger partial charge in [-0.2, -0.15) is 9.61 Å². The quantitative estimate of drug-likeness (QED) is 0.508. The van der Waals surface area contributed by atoms with Crippen LogP contribution in [0.25, 0.3) is 28.0 Å². The maximum absolute atomic E-state index is 9.30. The molecule has 4 aromatic rings. The summed E-state index contributed by atoms with van der Waals surface area (Å²) in [5.74, 6) is 1.08. The van der Waals surface area contributed by atoms with E-state index in [0.717, 1.165) is 78.7 Å². The topological polar surface area (TPSA) is 56.9 Å². The minimum atomic E-state index is 0.205. The number of aromatic nitrogens is 3. The predicted octanol–water partition coefficient (Wildman–Crippen LogP) is 3.74. The van der Waals surface area contributed by atoms with Gasteiger partial charge in [0.2, 0.25) is 0 Å². The molecule has 0 unspecified atom stereocenters. The first-order valence-electron chi connectivity index (χ1n) is 11.4. The van der Waals surface area contributed by atoms with E-state index in [1.165, 1.54) is 0 Å². The summed E-state index contributed by atoms with van der Waals surface area (Å²) in [5.41, 5.74) is 6.30. The van der Waals surface area contributed by atoms with Gasteiger partial charge in [0.25, 0.3) is 0 Å². The number of fused-ring (bicyclic) bond motifs is 1. The molecule has 1 aliphatic heterocycles. The van der Waals surface area contributed by atoms with Crippen LogP contribution < -0.4 is 4.90 Å². The molecule has 3 heterocycles. The number of hydrogen-bond acceptors (Lipinski definition) is 5. The summed E-state index contributed by atoms with van der Waals surface area (Å²) in [5, 5.41) is 14.3. The molecule has 5 rings (SSSR count). The van der Waals surface area contributed by atoms with Crippen LogP contribution in [0.3, 0.4) is 0 Å². The molecule has 2 aromatic carbocycles. The molecule has 0 saturated carbocycles. The Hall–Kier alpha value is -3.22. The van der Waals surface area contributed by atoms with Crippen molar-refractivity contribution in [2.75, 3.05) is 44.2 Å². The number of anilines is 1. The molecule has 164 valence electrons. The third-order valence-electron chi connectivity index (χ3n) is 6.22. The molecule has 0 radical (unpaired) electrons. The highest BCUT2D eigenvalue weighted by atomic mass is 16.3. The van der Waals surface area contributed by atoms with E-state index < -0.39 is 0 Å². The van der Waals surface area contributed by atoms with E-state index in [1.807, 2.05) is 16.6 Å². The summed E-state index contributed by atoms with van der Waals surface area (Å²) in [4.78, 5) is 9.83. The normalized spacial score (nSPS) is 14.9. The molecule has 0 amide bonds. The Kier molecular flexibility index (Phi) is 5.88. The van der Waals surface area contributed by atoms with Crippen molar-refractivity contribution in [3.8, 4) is 22.4 Å². The van der Waals surface area contributed by atoms with Crippen molar-refractivity contribution in [2.45, 2.75) is 13.3 Å². The summed E-state index contributed by atoms with van der Waals surface area (Å²) in [6.45, 7) is 6.74. The minimum Gasteiger partial charge on any atom is -0.395 e. The zero-order chi connectivity index (χ0) is 21.9. The number of rotatable bonds is 6. The Bertz CT molecular complexity index is 1180. The van der Waals surface area contributed by atoms with Crippen LogP contribution in [-0.4, -0.2) is 63.9 Å². The fraction of sp³-hybridized carbons (Fsp3) is 0.308. The maximum Gasteiger partial charge on any atom is 0.166 e. The molecule has 6 heteroatoms. The third kappa shape index (κ3) is 3.87. The average Bonchev–Trinajstić information content (AvgIpc) is 3.24. The maximum atomic E-state index is 9.30. The van der Waals surface area contributed by atoms with E-state index in [-0.39, 0.29) is 6.61 Å². The molecule has 0 bridgehead atoms. The Morgan fingerprint density at radius 3 is 2.16 bits per heavy atom. The lowest BCUT2D eigenvalue weighted by Crippen LogP contribution is -2.47. The van der Waals surface area contributed by atoms with E-state index in [1.54, 1.807) is 0 Å². The molecule has 6 nitrogen and oxygen atoms in total. The van der Waals surface area contributed by atoms with E-state index in [2.05, 4.69) is 71.3 Å². The highest BCUT2D eigenvalue weighted by molar-refractivity contribution is 5.83. The summed E-state index contributed by atoms with van der Waals surface area (Å²) in [7, 11) is 0. The monoisotopic (exact) mass is 427 g/mol. The van der Waals surface area contributed by atoms with Gasteiger partial charge in [-0.25, -0.2) is 4.98 Å². The van der Waals surface area contributed by atoms with Crippen molar-refractivity contribution < 1.29 is 5.11 Å². The predicted molar refractivity (Wildman–Crippen MR) is 129 cm³/mol. The van der Waals surface area contributed by atoms with Crippen LogP contribution in [0, 0.1) is 0 Å². The van der Waals surface area contributed by atoms with E-state index in [4.69, 9.17) is 10.1 Å². The Morgan fingerprint density at radius 2 is 1.53 bits per heavy atom. The van der Waals surface area contributed by atoms with Crippen LogP contribution in [0.4, 0.5) is 5.82 Å². The number of hydrogen-bond donors (Lipinski definition) is 1. The minimum absolute atomic E-state index is 0.205. The second-order valence-electron chi connectivity index (χ2n) is 8.19. The molecule has 2 aromatic heterocycles. The smallest absolute Gasteiger partial charge is 0.166 e. The average molecular weight is 428 g/mol. The fourth-order valence-corrected chi connectivity index (χ4v) is 4.52. The van der Waals surface area contributed by atoms with Gasteiger partial charge in [-0.1, -0.05) is 67.6 Å². The first-order valence-corrected chi connectivity index (χ1v) is 11.4. The summed E-state index contributed by atoms with van der Waals surface area (Å²) >= 11 is 0. The van der Waals surface area contributed by atoms with Crippen LogP contribution in [0.5, 0.6) is 0 Å². The van der Waals surface area contributed by atoms with Gasteiger partial charge in [-0.05, 0) is 12.0 Å². The van der Waals surface area contributed by atoms with E-state index in [0.29, 0.717) is 0 Å². The summed E-state index contributed by atoms with van der Waals surface area (Å²) < 4.78 is 2.04. The zero-order valence-electron chi connectivity index (χ0n) is 18.5. The van der Waals surface area contributed by atoms with Crippen molar-refractivity contribution in [1.82, 2.24) is 19.5 Å². The standard InChI is InChI=1S/C26H29N5O/c1-2-22-25(21-11-7-4-8-12-21)26-27-23(20-9-5-3-6-10-20)19-24(31(26)28-22)30-15-13-29(14-16-30)17-18-32/h3-12,19,32H,2,13-18H2,1H3. The van der Waals surface area contributed by atoms with Gasteiger partial charge in [-0.15, -0.1) is 0 Å². The fourth-order valence-electron chi connectivity index (χ4n) is 4.52. The van der Waals surface area contributed by atoms with Crippen LogP contribution in [0.1, 0.15) is 12.6 Å². The van der Waals surface area contributed by atoms with Gasteiger partial charge in [0.1, 0.15) is 5.82 Å². The van der Waals surface area contributed by atoms with Crippen LogP contribution in [0.15, 0.2) is 66.7 Å². The van der Waals surface area contributed by atoms with Gasteiger partial charge in [0.15, 0.2) is 5.65 Å². The Balaban J connectivity index is 1.68. The zero-order valence-corrected chi connectivity index (χ0v) is 18.5. The molecule has 1 aliphatic rings. The number of aliphatic hydroxyl groups excluding tert-OH is 1. The SMILES string of the molecule is CCc1nn2c(N3CCN(CCO)CC3)cc(-c3ccccc3)nc2c1-c1ccccc1. The van der Waals surface area contributed by atoms with Crippen molar-refractivity contribution in [2.24, 2.45) is 0 Å². The first kappa shape index (κ1) is 20.7. The summed E-state index contributed by atoms with van der Waals surface area (Å²) in [6.07, 6.45) is 0.845. The molecule has 0 aliphatic carbocycles. The number of nitrogens with zero attached hydrogens (tertiary/aromatic N) is 5. The lowest BCUT2D eigenvalue weighted by atomic mass is 10.0. The highest BCUT2D eigenvalue weighted by Gasteiger charge is 2.23. The second-order valence-corrected chi connectivity index (χ2v) is 8.19. The van der Waals surface area contributed by atoms with Gasteiger partial charge < -0.3 is 10.0 Å². The van der Waals surface area contributed by atoms with Crippen molar-refractivity contribution in [1.29, 1.82) is 0 Å². The number of aliphatic hydroxyl groups is 1. The van der Waals surface area contributed by atoms with Crippen LogP contribution in [0.2, 0.25) is 0 Å². The van der Waals surface area contributed by atoms with Gasteiger partial charge in [0.05, 0.1) is 18.0 Å². The third-order valence-corrected chi connectivity index (χ3v) is 6.22. The Morgan fingerprint density at radius 1 is 0.875 bits per heavy atom. The number of β-amino-alcohol motifs (C(OH)–C–C–N with tert-alkyl or cyclic N) is 1. The second kappa shape index (κ2) is 9.10. The number of aryl methyl sites for hydroxylation is 1. The van der Waals surface area contributed by atoms with E-state index in [9.17, 15) is 5.11 Å². The molecule has 32 heavy (non-hydrogen) atoms. The van der Waals surface area contributed by atoms with Gasteiger partial charge >= 0.3 is 0 Å². The van der Waals surface area contributed by atoms with Gasteiger partial charge in [-0.3, -0.25) is 4.90 Å². The first-order chi connectivity index (χ1) is 15.8. The number of benzene rings is 2. The van der Waals surface area contributed by atoms with Crippen LogP contribution in [-0.2, 0) is 6.42 Å².